The zero-order valence-electron chi connectivity index (χ0n) is 15.9. The molecule has 1 heterocycles. The molecule has 0 aliphatic carbocycles. The van der Waals surface area contributed by atoms with Crippen LogP contribution in [0.15, 0.2) is 41.9 Å². The molecule has 1 aromatic carbocycles. The van der Waals surface area contributed by atoms with Crippen molar-refractivity contribution in [3.05, 3.63) is 54.1 Å². The van der Waals surface area contributed by atoms with Gasteiger partial charge < -0.3 is 19.7 Å². The summed E-state index contributed by atoms with van der Waals surface area (Å²) >= 11 is 0. The fourth-order valence-electron chi connectivity index (χ4n) is 2.55. The number of anilines is 1. The summed E-state index contributed by atoms with van der Waals surface area (Å²) < 4.78 is 32.5. The number of nitriles is 1. The van der Waals surface area contributed by atoms with Gasteiger partial charge in [-0.3, -0.25) is 4.79 Å². The average Bonchev–Trinajstić information content (AvgIpc) is 3.03. The summed E-state index contributed by atoms with van der Waals surface area (Å²) in [7, 11) is -0.382. The van der Waals surface area contributed by atoms with E-state index < -0.39 is 28.8 Å². The van der Waals surface area contributed by atoms with Gasteiger partial charge in [-0.05, 0) is 18.2 Å². The molecule has 4 N–H and O–H groups in total. The van der Waals surface area contributed by atoms with E-state index in [9.17, 15) is 18.5 Å². The van der Waals surface area contributed by atoms with Gasteiger partial charge in [0.1, 0.15) is 27.8 Å². The monoisotopic (exact) mass is 420 g/mol. The minimum Gasteiger partial charge on any atom is -0.489 e. The highest BCUT2D eigenvalue weighted by Gasteiger charge is 2.25. The van der Waals surface area contributed by atoms with Gasteiger partial charge in [-0.15, -0.1) is 6.58 Å². The van der Waals surface area contributed by atoms with Gasteiger partial charge in [0.25, 0.3) is 5.91 Å². The Morgan fingerprint density at radius 3 is 2.86 bits per heavy atom. The minimum atomic E-state index is -1.93. The number of amides is 1. The Hall–Kier alpha value is -3.00. The van der Waals surface area contributed by atoms with E-state index in [-0.39, 0.29) is 40.1 Å². The van der Waals surface area contributed by atoms with Gasteiger partial charge in [0.15, 0.2) is 11.4 Å². The van der Waals surface area contributed by atoms with Crippen LogP contribution in [0.25, 0.3) is 0 Å². The second-order valence-electron chi connectivity index (χ2n) is 6.35. The average molecular weight is 420 g/mol. The highest BCUT2D eigenvalue weighted by Crippen LogP contribution is 2.29. The van der Waals surface area contributed by atoms with Crippen molar-refractivity contribution in [3.63, 3.8) is 0 Å². The number of nitrogens with two attached hydrogens (primary N) is 1. The lowest BCUT2D eigenvalue weighted by Crippen LogP contribution is -2.23. The molecule has 10 heteroatoms. The molecule has 2 rings (SSSR count). The SMILES string of the molecule is C=CC(O)C(C)COc1c(S(N)=O)cn(C)c1C(=O)Nc1ccc(F)c(C#N)c1. The lowest BCUT2D eigenvalue weighted by Gasteiger charge is -2.17. The number of nitrogens with one attached hydrogen (secondary N) is 1. The summed E-state index contributed by atoms with van der Waals surface area (Å²) in [4.78, 5) is 12.9. The first-order valence-corrected chi connectivity index (χ1v) is 9.70. The van der Waals surface area contributed by atoms with E-state index in [1.54, 1.807) is 20.0 Å². The van der Waals surface area contributed by atoms with Crippen molar-refractivity contribution < 1.29 is 23.2 Å². The van der Waals surface area contributed by atoms with E-state index in [1.807, 2.05) is 0 Å². The second kappa shape index (κ2) is 9.47. The maximum absolute atomic E-state index is 13.5. The van der Waals surface area contributed by atoms with Crippen LogP contribution in [-0.2, 0) is 18.0 Å². The fraction of sp³-hybridized carbons (Fsp3) is 0.263. The van der Waals surface area contributed by atoms with Gasteiger partial charge in [0.2, 0.25) is 0 Å². The van der Waals surface area contributed by atoms with Gasteiger partial charge >= 0.3 is 0 Å². The van der Waals surface area contributed by atoms with E-state index in [1.165, 1.54) is 29.0 Å². The zero-order chi connectivity index (χ0) is 21.7. The lowest BCUT2D eigenvalue weighted by molar-refractivity contribution is 0.100. The number of hydrogen-bond donors (Lipinski definition) is 3. The number of aliphatic hydroxyl groups excluding tert-OH is 1. The number of carbonyl (C=O) groups is 1. The van der Waals surface area contributed by atoms with Crippen LogP contribution >= 0.6 is 0 Å². The number of halogens is 1. The van der Waals surface area contributed by atoms with Gasteiger partial charge in [0.05, 0.1) is 18.3 Å². The number of aryl methyl sites for hydroxylation is 1. The molecule has 0 saturated carbocycles. The van der Waals surface area contributed by atoms with Crippen LogP contribution in [0.1, 0.15) is 23.0 Å². The maximum Gasteiger partial charge on any atom is 0.276 e. The summed E-state index contributed by atoms with van der Waals surface area (Å²) in [5, 5.41) is 26.8. The minimum absolute atomic E-state index is 0.0107. The van der Waals surface area contributed by atoms with Gasteiger partial charge in [-0.1, -0.05) is 13.0 Å². The number of aromatic nitrogens is 1. The third kappa shape index (κ3) is 5.08. The summed E-state index contributed by atoms with van der Waals surface area (Å²) in [5.74, 6) is -1.68. The summed E-state index contributed by atoms with van der Waals surface area (Å²) in [6.45, 7) is 5.24. The van der Waals surface area contributed by atoms with Crippen LogP contribution in [0.2, 0.25) is 0 Å². The summed E-state index contributed by atoms with van der Waals surface area (Å²) in [6, 6.07) is 5.26. The van der Waals surface area contributed by atoms with E-state index in [2.05, 4.69) is 11.9 Å². The first-order chi connectivity index (χ1) is 13.7. The van der Waals surface area contributed by atoms with Gasteiger partial charge in [0, 0.05) is 24.8 Å². The van der Waals surface area contributed by atoms with Crippen LogP contribution in [0.5, 0.6) is 5.75 Å². The Morgan fingerprint density at radius 1 is 1.59 bits per heavy atom. The number of ether oxygens (including phenoxy) is 1. The van der Waals surface area contributed by atoms with Crippen LogP contribution in [0.4, 0.5) is 10.1 Å². The topological polar surface area (TPSA) is 130 Å². The highest BCUT2D eigenvalue weighted by atomic mass is 32.2. The molecule has 8 nitrogen and oxygen atoms in total. The van der Waals surface area contributed by atoms with Crippen LogP contribution in [-0.4, -0.2) is 32.5 Å². The number of carbonyl (C=O) groups excluding carboxylic acids is 1. The van der Waals surface area contributed by atoms with Crippen molar-refractivity contribution >= 4 is 22.6 Å². The Labute approximate surface area is 170 Å². The molecule has 0 spiro atoms. The standard InChI is InChI=1S/C19H21FN4O4S/c1-4-15(25)11(2)10-28-18-16(29(22)27)9-24(3)17(18)19(26)23-13-5-6-14(20)12(7-13)8-21/h4-7,9,11,15,25H,1,10,22H2,2-3H3,(H,23,26). The lowest BCUT2D eigenvalue weighted by atomic mass is 10.1. The van der Waals surface area contributed by atoms with Crippen LogP contribution in [0, 0.1) is 23.1 Å². The Balaban J connectivity index is 2.35. The summed E-state index contributed by atoms with van der Waals surface area (Å²) in [5.41, 5.74) is 0.00929. The number of aliphatic hydroxyl groups is 1. The highest BCUT2D eigenvalue weighted by molar-refractivity contribution is 7.82. The molecular weight excluding hydrogens is 399 g/mol. The number of hydrogen-bond acceptors (Lipinski definition) is 5. The molecule has 1 aromatic heterocycles. The Bertz CT molecular complexity index is 999. The van der Waals surface area contributed by atoms with E-state index >= 15 is 0 Å². The quantitative estimate of drug-likeness (QED) is 0.561. The van der Waals surface area contributed by atoms with Gasteiger partial charge in [-0.2, -0.15) is 5.26 Å². The first kappa shape index (κ1) is 22.3. The largest absolute Gasteiger partial charge is 0.489 e. The number of nitrogens with zero attached hydrogens (tertiary/aromatic N) is 2. The van der Waals surface area contributed by atoms with Crippen molar-refractivity contribution in [2.45, 2.75) is 17.9 Å². The molecule has 0 saturated heterocycles. The van der Waals surface area contributed by atoms with E-state index in [0.29, 0.717) is 0 Å². The number of rotatable bonds is 8. The molecule has 0 bridgehead atoms. The van der Waals surface area contributed by atoms with Crippen molar-refractivity contribution in [2.75, 3.05) is 11.9 Å². The van der Waals surface area contributed by atoms with E-state index in [4.69, 9.17) is 15.1 Å². The van der Waals surface area contributed by atoms with Crippen LogP contribution in [0.3, 0.4) is 0 Å². The number of benzene rings is 1. The molecule has 0 aliphatic heterocycles. The first-order valence-electron chi connectivity index (χ1n) is 8.49. The fourth-order valence-corrected chi connectivity index (χ4v) is 3.15. The smallest absolute Gasteiger partial charge is 0.276 e. The molecule has 1 amide bonds. The maximum atomic E-state index is 13.5. The molecule has 3 atom stereocenters. The second-order valence-corrected chi connectivity index (χ2v) is 7.39. The Morgan fingerprint density at radius 2 is 2.28 bits per heavy atom. The predicted molar refractivity (Wildman–Crippen MR) is 106 cm³/mol. The van der Waals surface area contributed by atoms with E-state index in [0.717, 1.165) is 6.07 Å². The molecule has 0 aliphatic rings. The van der Waals surface area contributed by atoms with Crippen molar-refractivity contribution in [1.29, 1.82) is 5.26 Å². The molecule has 29 heavy (non-hydrogen) atoms. The van der Waals surface area contributed by atoms with Gasteiger partial charge in [-0.25, -0.2) is 13.7 Å². The zero-order valence-corrected chi connectivity index (χ0v) is 16.7. The third-order valence-corrected chi connectivity index (χ3v) is 4.92. The third-order valence-electron chi connectivity index (χ3n) is 4.19. The Kier molecular flexibility index (Phi) is 7.28. The molecular formula is C19H21FN4O4S. The molecule has 2 aromatic rings. The molecule has 3 unspecified atom stereocenters. The van der Waals surface area contributed by atoms with Crippen LogP contribution < -0.4 is 15.2 Å². The normalized spacial score (nSPS) is 13.8. The van der Waals surface area contributed by atoms with Crippen molar-refractivity contribution in [3.8, 4) is 11.8 Å². The predicted octanol–water partition coefficient (Wildman–Crippen LogP) is 1.83. The van der Waals surface area contributed by atoms with Crippen molar-refractivity contribution in [1.82, 2.24) is 4.57 Å². The molecule has 0 radical (unpaired) electrons. The molecule has 154 valence electrons. The summed E-state index contributed by atoms with van der Waals surface area (Å²) in [6.07, 6.45) is 1.93. The molecule has 0 fully saturated rings. The van der Waals surface area contributed by atoms with Crippen molar-refractivity contribution in [2.24, 2.45) is 18.1 Å².